The Bertz CT molecular complexity index is 602. The first-order valence-electron chi connectivity index (χ1n) is 7.71. The fraction of sp³-hybridized carbons (Fsp3) is 0.278. The molecule has 0 radical (unpaired) electrons. The molecule has 0 aromatic heterocycles. The molecule has 0 atom stereocenters. The highest BCUT2D eigenvalue weighted by Gasteiger charge is 2.18. The summed E-state index contributed by atoms with van der Waals surface area (Å²) in [5, 5.41) is 7.49. The summed E-state index contributed by atoms with van der Waals surface area (Å²) in [6, 6.07) is 18.5. The van der Waals surface area contributed by atoms with Gasteiger partial charge in [0, 0.05) is 10.6 Å². The van der Waals surface area contributed by atoms with Gasteiger partial charge in [0.15, 0.2) is 0 Å². The van der Waals surface area contributed by atoms with Crippen molar-refractivity contribution in [2.75, 3.05) is 26.2 Å². The number of halogens is 1. The molecule has 3 nitrogen and oxygen atoms in total. The van der Waals surface area contributed by atoms with Crippen LogP contribution in [0.15, 0.2) is 59.7 Å². The van der Waals surface area contributed by atoms with E-state index in [0.29, 0.717) is 0 Å². The van der Waals surface area contributed by atoms with Gasteiger partial charge in [0.05, 0.1) is 32.4 Å². The topological polar surface area (TPSA) is 20.0 Å². The van der Waals surface area contributed by atoms with E-state index in [1.807, 2.05) is 30.5 Å². The molecule has 1 fully saturated rings. The average Bonchev–Trinajstić information content (AvgIpc) is 2.57. The minimum atomic E-state index is 0.760. The summed E-state index contributed by atoms with van der Waals surface area (Å²) in [6.07, 6.45) is 1.92. The fourth-order valence-corrected chi connectivity index (χ4v) is 2.81. The third-order valence-corrected chi connectivity index (χ3v) is 4.24. The Balaban J connectivity index is 1.48. The quantitative estimate of drug-likeness (QED) is 0.857. The highest BCUT2D eigenvalue weighted by atomic mass is 35.5. The number of hydrogen-bond acceptors (Lipinski definition) is 2. The van der Waals surface area contributed by atoms with Crippen LogP contribution in [0.1, 0.15) is 11.1 Å². The minimum Gasteiger partial charge on any atom is -0.328 e. The molecule has 114 valence electrons. The normalized spacial score (nSPS) is 16.3. The Kier molecular flexibility index (Phi) is 5.09. The van der Waals surface area contributed by atoms with Crippen molar-refractivity contribution in [2.45, 2.75) is 6.54 Å². The summed E-state index contributed by atoms with van der Waals surface area (Å²) in [7, 11) is 0. The van der Waals surface area contributed by atoms with E-state index in [4.69, 9.17) is 11.6 Å². The molecule has 2 aromatic rings. The van der Waals surface area contributed by atoms with Gasteiger partial charge >= 0.3 is 0 Å². The van der Waals surface area contributed by atoms with Crippen LogP contribution in [0.4, 0.5) is 0 Å². The summed E-state index contributed by atoms with van der Waals surface area (Å²) >= 11 is 5.89. The second kappa shape index (κ2) is 7.43. The predicted molar refractivity (Wildman–Crippen MR) is 91.5 cm³/mol. The van der Waals surface area contributed by atoms with Crippen molar-refractivity contribution in [1.29, 1.82) is 0 Å². The van der Waals surface area contributed by atoms with Crippen LogP contribution in [0.5, 0.6) is 0 Å². The largest absolute Gasteiger partial charge is 0.328 e. The van der Waals surface area contributed by atoms with Crippen molar-refractivity contribution >= 4 is 17.8 Å². The molecule has 0 aliphatic carbocycles. The number of benzene rings is 2. The lowest BCUT2D eigenvalue weighted by Crippen LogP contribution is -3.13. The Labute approximate surface area is 136 Å². The zero-order chi connectivity index (χ0) is 15.2. The van der Waals surface area contributed by atoms with Crippen LogP contribution in [0.3, 0.4) is 0 Å². The van der Waals surface area contributed by atoms with E-state index in [1.54, 1.807) is 4.90 Å². The van der Waals surface area contributed by atoms with Crippen LogP contribution in [-0.2, 0) is 6.54 Å². The number of nitrogens with zero attached hydrogens (tertiary/aromatic N) is 2. The highest BCUT2D eigenvalue weighted by molar-refractivity contribution is 6.30. The lowest BCUT2D eigenvalue weighted by Gasteiger charge is -2.30. The maximum atomic E-state index is 5.89. The van der Waals surface area contributed by atoms with Gasteiger partial charge in [0.1, 0.15) is 6.54 Å². The summed E-state index contributed by atoms with van der Waals surface area (Å²) < 4.78 is 0. The van der Waals surface area contributed by atoms with Gasteiger partial charge in [-0.1, -0.05) is 54.1 Å². The zero-order valence-corrected chi connectivity index (χ0v) is 13.3. The summed E-state index contributed by atoms with van der Waals surface area (Å²) in [6.45, 7) is 5.38. The lowest BCUT2D eigenvalue weighted by atomic mass is 10.2. The van der Waals surface area contributed by atoms with E-state index in [-0.39, 0.29) is 0 Å². The number of quaternary nitrogens is 1. The Hall–Kier alpha value is -1.84. The monoisotopic (exact) mass is 314 g/mol. The Morgan fingerprint density at radius 1 is 1.00 bits per heavy atom. The van der Waals surface area contributed by atoms with Gasteiger partial charge in [0.2, 0.25) is 0 Å². The highest BCUT2D eigenvalue weighted by Crippen LogP contribution is 2.08. The number of hydrazone groups is 1. The van der Waals surface area contributed by atoms with E-state index < -0.39 is 0 Å². The molecule has 1 heterocycles. The van der Waals surface area contributed by atoms with Crippen molar-refractivity contribution < 1.29 is 4.90 Å². The minimum absolute atomic E-state index is 0.760. The van der Waals surface area contributed by atoms with Crippen LogP contribution in [-0.4, -0.2) is 37.4 Å². The van der Waals surface area contributed by atoms with Crippen LogP contribution >= 0.6 is 11.6 Å². The molecular weight excluding hydrogens is 294 g/mol. The smallest absolute Gasteiger partial charge is 0.103 e. The third-order valence-electron chi connectivity index (χ3n) is 3.98. The Morgan fingerprint density at radius 2 is 1.68 bits per heavy atom. The van der Waals surface area contributed by atoms with Crippen LogP contribution in [0.25, 0.3) is 0 Å². The fourth-order valence-electron chi connectivity index (χ4n) is 2.69. The molecule has 1 aliphatic heterocycles. The van der Waals surface area contributed by atoms with Crippen LogP contribution < -0.4 is 4.90 Å². The number of nitrogens with one attached hydrogen (secondary N) is 1. The lowest BCUT2D eigenvalue weighted by molar-refractivity contribution is -0.918. The second-order valence-electron chi connectivity index (χ2n) is 5.66. The molecule has 2 aromatic carbocycles. The first kappa shape index (κ1) is 15.1. The van der Waals surface area contributed by atoms with E-state index in [0.717, 1.165) is 43.3 Å². The van der Waals surface area contributed by atoms with Crippen molar-refractivity contribution in [3.05, 3.63) is 70.7 Å². The molecule has 0 amide bonds. The molecule has 0 spiro atoms. The zero-order valence-electron chi connectivity index (χ0n) is 12.6. The van der Waals surface area contributed by atoms with Gasteiger partial charge in [-0.3, -0.25) is 5.01 Å². The first-order valence-corrected chi connectivity index (χ1v) is 8.09. The van der Waals surface area contributed by atoms with Crippen LogP contribution in [0.2, 0.25) is 5.02 Å². The summed E-state index contributed by atoms with van der Waals surface area (Å²) in [5.74, 6) is 0. The Morgan fingerprint density at radius 3 is 2.36 bits per heavy atom. The summed E-state index contributed by atoms with van der Waals surface area (Å²) in [5.41, 5.74) is 2.50. The standard InChI is InChI=1S/C18H20ClN3/c19-18-8-6-16(7-9-18)14-20-22-12-10-21(11-13-22)15-17-4-2-1-3-5-17/h1-9,14H,10-13,15H2/p+1/b20-14-. The van der Waals surface area contributed by atoms with Crippen molar-refractivity contribution in [3.63, 3.8) is 0 Å². The molecule has 1 N–H and O–H groups in total. The van der Waals surface area contributed by atoms with Crippen molar-refractivity contribution in [1.82, 2.24) is 5.01 Å². The molecule has 0 saturated carbocycles. The van der Waals surface area contributed by atoms with Gasteiger partial charge in [0.25, 0.3) is 0 Å². The maximum absolute atomic E-state index is 5.89. The SMILES string of the molecule is Clc1ccc(/C=N\N2CC[NH+](Cc3ccccc3)CC2)cc1. The summed E-state index contributed by atoms with van der Waals surface area (Å²) in [4.78, 5) is 1.63. The van der Waals surface area contributed by atoms with Crippen molar-refractivity contribution in [3.8, 4) is 0 Å². The number of piperazine rings is 1. The van der Waals surface area contributed by atoms with Gasteiger partial charge in [-0.25, -0.2) is 0 Å². The molecular formula is C18H21ClN3+. The molecule has 0 unspecified atom stereocenters. The predicted octanol–water partition coefficient (Wildman–Crippen LogP) is 2.07. The average molecular weight is 315 g/mol. The van der Waals surface area contributed by atoms with Gasteiger partial charge in [-0.2, -0.15) is 5.10 Å². The second-order valence-corrected chi connectivity index (χ2v) is 6.10. The number of hydrogen-bond donors (Lipinski definition) is 1. The van der Waals surface area contributed by atoms with Gasteiger partial charge in [-0.15, -0.1) is 0 Å². The van der Waals surface area contributed by atoms with Gasteiger partial charge in [-0.05, 0) is 17.7 Å². The van der Waals surface area contributed by atoms with E-state index in [1.165, 1.54) is 5.56 Å². The molecule has 1 aliphatic rings. The molecule has 0 bridgehead atoms. The van der Waals surface area contributed by atoms with Crippen LogP contribution in [0, 0.1) is 0 Å². The van der Waals surface area contributed by atoms with E-state index >= 15 is 0 Å². The maximum Gasteiger partial charge on any atom is 0.103 e. The van der Waals surface area contributed by atoms with E-state index in [9.17, 15) is 0 Å². The molecule has 3 rings (SSSR count). The molecule has 1 saturated heterocycles. The van der Waals surface area contributed by atoms with Crippen molar-refractivity contribution in [2.24, 2.45) is 5.10 Å². The first-order chi connectivity index (χ1) is 10.8. The third kappa shape index (κ3) is 4.33. The van der Waals surface area contributed by atoms with E-state index in [2.05, 4.69) is 40.4 Å². The van der Waals surface area contributed by atoms with Gasteiger partial charge < -0.3 is 4.90 Å². The number of rotatable bonds is 4. The molecule has 22 heavy (non-hydrogen) atoms. The molecule has 4 heteroatoms.